The normalized spacial score (nSPS) is 11.4. The van der Waals surface area contributed by atoms with Crippen LogP contribution in [0.5, 0.6) is 0 Å². The molecule has 0 aliphatic heterocycles. The topological polar surface area (TPSA) is 0 Å². The first-order chi connectivity index (χ1) is 7.77. The molecule has 0 unspecified atom stereocenters. The summed E-state index contributed by atoms with van der Waals surface area (Å²) in [6.45, 7) is 6.62. The van der Waals surface area contributed by atoms with Crippen molar-refractivity contribution < 1.29 is 0 Å². The maximum Gasteiger partial charge on any atom is 0.0200 e. The fraction of sp³-hybridized carbons (Fsp3) is 0.188. The lowest BCUT2D eigenvalue weighted by Crippen LogP contribution is -2.22. The van der Waals surface area contributed by atoms with Gasteiger partial charge in [0.2, 0.25) is 0 Å². The molecule has 0 saturated carbocycles. The van der Waals surface area contributed by atoms with E-state index < -0.39 is 0 Å². The van der Waals surface area contributed by atoms with E-state index in [0.717, 1.165) is 6.42 Å². The molecule has 0 amide bonds. The molecule has 0 aliphatic carbocycles. The summed E-state index contributed by atoms with van der Waals surface area (Å²) in [5, 5.41) is 0. The zero-order valence-electron chi connectivity index (χ0n) is 9.69. The van der Waals surface area contributed by atoms with Crippen molar-refractivity contribution in [3.63, 3.8) is 0 Å². The SMILES string of the molecule is [CH2]C(CC)(c1ccccc1)c1ccccc1. The molecule has 0 spiro atoms. The van der Waals surface area contributed by atoms with Crippen LogP contribution in [0.4, 0.5) is 0 Å². The van der Waals surface area contributed by atoms with Gasteiger partial charge in [0.1, 0.15) is 0 Å². The van der Waals surface area contributed by atoms with Crippen molar-refractivity contribution in [3.8, 4) is 0 Å². The Labute approximate surface area is 97.9 Å². The van der Waals surface area contributed by atoms with Crippen LogP contribution >= 0.6 is 0 Å². The fourth-order valence-electron chi connectivity index (χ4n) is 2.09. The third kappa shape index (κ3) is 1.88. The van der Waals surface area contributed by atoms with E-state index in [-0.39, 0.29) is 5.41 Å². The number of rotatable bonds is 3. The lowest BCUT2D eigenvalue weighted by atomic mass is 9.74. The number of hydrogen-bond donors (Lipinski definition) is 0. The van der Waals surface area contributed by atoms with Crippen LogP contribution in [0.1, 0.15) is 24.5 Å². The Hall–Kier alpha value is -1.56. The zero-order valence-corrected chi connectivity index (χ0v) is 9.69. The molecule has 1 radical (unpaired) electrons. The minimum Gasteiger partial charge on any atom is -0.0642 e. The largest absolute Gasteiger partial charge is 0.0642 e. The Morgan fingerprint density at radius 1 is 0.812 bits per heavy atom. The van der Waals surface area contributed by atoms with Crippen LogP contribution < -0.4 is 0 Å². The Morgan fingerprint density at radius 3 is 1.50 bits per heavy atom. The van der Waals surface area contributed by atoms with E-state index in [1.54, 1.807) is 0 Å². The third-order valence-electron chi connectivity index (χ3n) is 3.26. The van der Waals surface area contributed by atoms with Crippen LogP contribution in [0, 0.1) is 6.92 Å². The Bertz CT molecular complexity index is 389. The van der Waals surface area contributed by atoms with E-state index in [1.807, 2.05) is 12.1 Å². The van der Waals surface area contributed by atoms with Gasteiger partial charge in [-0.1, -0.05) is 67.6 Å². The van der Waals surface area contributed by atoms with Crippen LogP contribution in [-0.2, 0) is 5.41 Å². The molecule has 0 atom stereocenters. The zero-order chi connectivity index (χ0) is 11.4. The molecule has 0 heterocycles. The maximum atomic E-state index is 4.43. The highest BCUT2D eigenvalue weighted by molar-refractivity contribution is 5.40. The summed E-state index contributed by atoms with van der Waals surface area (Å²) >= 11 is 0. The first kappa shape index (κ1) is 10.9. The summed E-state index contributed by atoms with van der Waals surface area (Å²) in [5.74, 6) is 0. The van der Waals surface area contributed by atoms with Gasteiger partial charge < -0.3 is 0 Å². The second kappa shape index (κ2) is 4.52. The van der Waals surface area contributed by atoms with E-state index in [4.69, 9.17) is 0 Å². The summed E-state index contributed by atoms with van der Waals surface area (Å²) in [5.41, 5.74) is 2.44. The molecule has 2 rings (SSSR count). The molecule has 0 aromatic heterocycles. The summed E-state index contributed by atoms with van der Waals surface area (Å²) in [6.07, 6.45) is 1.00. The van der Waals surface area contributed by atoms with E-state index in [1.165, 1.54) is 11.1 Å². The Kier molecular flexibility index (Phi) is 3.09. The Balaban J connectivity index is 2.49. The molecule has 0 N–H and O–H groups in total. The number of benzene rings is 2. The van der Waals surface area contributed by atoms with Gasteiger partial charge in [0, 0.05) is 5.41 Å². The second-order valence-electron chi connectivity index (χ2n) is 4.17. The van der Waals surface area contributed by atoms with Crippen molar-refractivity contribution in [2.75, 3.05) is 0 Å². The van der Waals surface area contributed by atoms with Gasteiger partial charge in [0.15, 0.2) is 0 Å². The number of hydrogen-bond acceptors (Lipinski definition) is 0. The van der Waals surface area contributed by atoms with Crippen molar-refractivity contribution in [2.24, 2.45) is 0 Å². The van der Waals surface area contributed by atoms with Gasteiger partial charge in [-0.05, 0) is 24.5 Å². The van der Waals surface area contributed by atoms with Crippen molar-refractivity contribution in [1.29, 1.82) is 0 Å². The molecule has 0 fully saturated rings. The Morgan fingerprint density at radius 2 is 1.19 bits per heavy atom. The predicted molar refractivity (Wildman–Crippen MR) is 69.3 cm³/mol. The summed E-state index contributed by atoms with van der Waals surface area (Å²) in [7, 11) is 0. The standard InChI is InChI=1S/C16H17/c1-3-16(2,14-10-6-4-7-11-14)15-12-8-5-9-13-15/h4-13H,2-3H2,1H3. The van der Waals surface area contributed by atoms with Crippen molar-refractivity contribution in [2.45, 2.75) is 18.8 Å². The van der Waals surface area contributed by atoms with E-state index in [2.05, 4.69) is 62.4 Å². The fourth-order valence-corrected chi connectivity index (χ4v) is 2.09. The smallest absolute Gasteiger partial charge is 0.0200 e. The van der Waals surface area contributed by atoms with E-state index in [9.17, 15) is 0 Å². The van der Waals surface area contributed by atoms with Crippen molar-refractivity contribution >= 4 is 0 Å². The summed E-state index contributed by atoms with van der Waals surface area (Å²) in [6, 6.07) is 21.0. The first-order valence-corrected chi connectivity index (χ1v) is 5.74. The average molecular weight is 209 g/mol. The highest BCUT2D eigenvalue weighted by atomic mass is 14.3. The second-order valence-corrected chi connectivity index (χ2v) is 4.17. The molecule has 16 heavy (non-hydrogen) atoms. The van der Waals surface area contributed by atoms with Crippen molar-refractivity contribution in [3.05, 3.63) is 78.7 Å². The highest BCUT2D eigenvalue weighted by Gasteiger charge is 2.26. The van der Waals surface area contributed by atoms with Crippen LogP contribution in [0.3, 0.4) is 0 Å². The molecule has 0 aliphatic rings. The molecule has 0 heteroatoms. The quantitative estimate of drug-likeness (QED) is 0.710. The lowest BCUT2D eigenvalue weighted by Gasteiger charge is -2.29. The molecule has 2 aromatic rings. The molecule has 2 aromatic carbocycles. The monoisotopic (exact) mass is 209 g/mol. The van der Waals surface area contributed by atoms with Gasteiger partial charge in [-0.15, -0.1) is 0 Å². The summed E-state index contributed by atoms with van der Waals surface area (Å²) < 4.78 is 0. The minimum absolute atomic E-state index is 0.123. The molecule has 0 bridgehead atoms. The van der Waals surface area contributed by atoms with Gasteiger partial charge in [-0.25, -0.2) is 0 Å². The highest BCUT2D eigenvalue weighted by Crippen LogP contribution is 2.34. The van der Waals surface area contributed by atoms with Gasteiger partial charge in [0.05, 0.1) is 0 Å². The minimum atomic E-state index is -0.123. The van der Waals surface area contributed by atoms with Crippen LogP contribution in [-0.4, -0.2) is 0 Å². The van der Waals surface area contributed by atoms with Crippen LogP contribution in [0.25, 0.3) is 0 Å². The van der Waals surface area contributed by atoms with Crippen LogP contribution in [0.2, 0.25) is 0 Å². The molecule has 0 nitrogen and oxygen atoms in total. The average Bonchev–Trinajstić information content (AvgIpc) is 2.40. The van der Waals surface area contributed by atoms with Gasteiger partial charge in [-0.2, -0.15) is 0 Å². The lowest BCUT2D eigenvalue weighted by molar-refractivity contribution is 0.613. The first-order valence-electron chi connectivity index (χ1n) is 5.74. The van der Waals surface area contributed by atoms with E-state index >= 15 is 0 Å². The van der Waals surface area contributed by atoms with Crippen molar-refractivity contribution in [1.82, 2.24) is 0 Å². The molecule has 0 saturated heterocycles. The van der Waals surface area contributed by atoms with Gasteiger partial charge in [-0.3, -0.25) is 0 Å². The van der Waals surface area contributed by atoms with Crippen LogP contribution in [0.15, 0.2) is 60.7 Å². The summed E-state index contributed by atoms with van der Waals surface area (Å²) in [4.78, 5) is 0. The van der Waals surface area contributed by atoms with Gasteiger partial charge >= 0.3 is 0 Å². The molecular formula is C16H17. The molecular weight excluding hydrogens is 192 g/mol. The predicted octanol–water partition coefficient (Wildman–Crippen LogP) is 4.22. The molecule has 81 valence electrons. The van der Waals surface area contributed by atoms with Gasteiger partial charge in [0.25, 0.3) is 0 Å². The maximum absolute atomic E-state index is 4.43. The third-order valence-corrected chi connectivity index (χ3v) is 3.26. The van der Waals surface area contributed by atoms with E-state index in [0.29, 0.717) is 0 Å².